The van der Waals surface area contributed by atoms with Crippen LogP contribution in [0.3, 0.4) is 0 Å². The molecule has 0 spiro atoms. The van der Waals surface area contributed by atoms with Gasteiger partial charge in [-0.2, -0.15) is 12.2 Å². The van der Waals surface area contributed by atoms with E-state index in [0.717, 1.165) is 5.56 Å². The summed E-state index contributed by atoms with van der Waals surface area (Å²) in [6, 6.07) is 6.01. The van der Waals surface area contributed by atoms with Crippen molar-refractivity contribution in [3.63, 3.8) is 0 Å². The molecule has 5 heteroatoms. The zero-order valence-corrected chi connectivity index (χ0v) is 8.18. The molecule has 0 aliphatic heterocycles. The Bertz CT molecular complexity index is 394. The van der Waals surface area contributed by atoms with Gasteiger partial charge in [0, 0.05) is 0 Å². The Hall–Kier alpha value is -0.840. The Morgan fingerprint density at radius 1 is 1.31 bits per heavy atom. The van der Waals surface area contributed by atoms with Crippen LogP contribution in [-0.4, -0.2) is 8.42 Å². The maximum absolute atomic E-state index is 11.0. The van der Waals surface area contributed by atoms with E-state index in [1.54, 1.807) is 18.2 Å². The molecule has 0 aromatic heterocycles. The number of halogens is 1. The summed E-state index contributed by atoms with van der Waals surface area (Å²) in [6.07, 6.45) is 1.61. The van der Waals surface area contributed by atoms with E-state index in [0.29, 0.717) is 0 Å². The van der Waals surface area contributed by atoms with Gasteiger partial charge in [-0.25, -0.2) is 0 Å². The molecule has 13 heavy (non-hydrogen) atoms. The third-order valence-electron chi connectivity index (χ3n) is 1.49. The maximum Gasteiger partial charge on any atom is 0.312 e. The highest BCUT2D eigenvalue weighted by Gasteiger charge is 2.13. The molecule has 0 saturated carbocycles. The van der Waals surface area contributed by atoms with Crippen LogP contribution in [0.5, 0.6) is 0 Å². The lowest BCUT2D eigenvalue weighted by molar-refractivity contribution is 0.509. The van der Waals surface area contributed by atoms with E-state index in [2.05, 4.69) is 10.3 Å². The average Bonchev–Trinajstić information content (AvgIpc) is 2.18. The molecule has 0 amide bonds. The largest absolute Gasteiger partial charge is 0.312 e. The van der Waals surface area contributed by atoms with Crippen molar-refractivity contribution < 1.29 is 12.2 Å². The van der Waals surface area contributed by atoms with Gasteiger partial charge in [0.15, 0.2) is 0 Å². The lowest BCUT2D eigenvalue weighted by atomic mass is 10.2. The SMILES string of the molecule is C=Cc1ccc(S(=O)(=O)OCl)cc1. The second-order valence-corrected chi connectivity index (χ2v) is 4.17. The van der Waals surface area contributed by atoms with Gasteiger partial charge in [0.05, 0.1) is 16.8 Å². The van der Waals surface area contributed by atoms with Crippen LogP contribution in [0.4, 0.5) is 0 Å². The van der Waals surface area contributed by atoms with Gasteiger partial charge in [0.1, 0.15) is 0 Å². The molecule has 0 bridgehead atoms. The Morgan fingerprint density at radius 3 is 2.23 bits per heavy atom. The van der Waals surface area contributed by atoms with Gasteiger partial charge in [0.25, 0.3) is 0 Å². The van der Waals surface area contributed by atoms with E-state index in [1.165, 1.54) is 12.1 Å². The number of hydrogen-bond donors (Lipinski definition) is 0. The zero-order valence-electron chi connectivity index (χ0n) is 6.60. The first-order valence-corrected chi connectivity index (χ1v) is 5.09. The van der Waals surface area contributed by atoms with Crippen LogP contribution in [0.15, 0.2) is 35.7 Å². The van der Waals surface area contributed by atoms with Gasteiger partial charge in [-0.15, -0.1) is 0 Å². The van der Waals surface area contributed by atoms with Crippen LogP contribution in [0.25, 0.3) is 6.08 Å². The predicted molar refractivity (Wildman–Crippen MR) is 50.7 cm³/mol. The Morgan fingerprint density at radius 2 is 1.85 bits per heavy atom. The van der Waals surface area contributed by atoms with Gasteiger partial charge in [0.2, 0.25) is 0 Å². The fraction of sp³-hybridized carbons (Fsp3) is 0. The van der Waals surface area contributed by atoms with E-state index in [-0.39, 0.29) is 4.90 Å². The summed E-state index contributed by atoms with van der Waals surface area (Å²) >= 11 is 4.79. The van der Waals surface area contributed by atoms with Gasteiger partial charge in [-0.1, -0.05) is 24.8 Å². The first-order chi connectivity index (χ1) is 6.10. The summed E-state index contributed by atoms with van der Waals surface area (Å²) in [5.41, 5.74) is 0.827. The summed E-state index contributed by atoms with van der Waals surface area (Å²) in [7, 11) is -3.79. The van der Waals surface area contributed by atoms with E-state index < -0.39 is 10.1 Å². The van der Waals surface area contributed by atoms with E-state index in [4.69, 9.17) is 11.9 Å². The third-order valence-corrected chi connectivity index (χ3v) is 3.00. The molecular formula is C8H7ClO3S. The molecule has 0 N–H and O–H groups in total. The minimum atomic E-state index is -3.79. The molecule has 0 radical (unpaired) electrons. The van der Waals surface area contributed by atoms with Crippen LogP contribution in [-0.2, 0) is 13.9 Å². The Kier molecular flexibility index (Phi) is 3.08. The summed E-state index contributed by atoms with van der Waals surface area (Å²) in [5.74, 6) is 0. The predicted octanol–water partition coefficient (Wildman–Crippen LogP) is 2.19. The van der Waals surface area contributed by atoms with Gasteiger partial charge >= 0.3 is 10.1 Å². The van der Waals surface area contributed by atoms with Crippen molar-refractivity contribution in [1.82, 2.24) is 0 Å². The van der Waals surface area contributed by atoms with Crippen LogP contribution in [0.1, 0.15) is 5.56 Å². The Labute approximate surface area is 81.9 Å². The van der Waals surface area contributed by atoms with Crippen molar-refractivity contribution >= 4 is 28.1 Å². The highest BCUT2D eigenvalue weighted by atomic mass is 35.5. The molecular weight excluding hydrogens is 212 g/mol. The number of hydrogen-bond acceptors (Lipinski definition) is 3. The highest BCUT2D eigenvalue weighted by Crippen LogP contribution is 2.14. The third kappa shape index (κ3) is 2.30. The molecule has 0 atom stereocenters. The van der Waals surface area contributed by atoms with E-state index in [9.17, 15) is 8.42 Å². The summed E-state index contributed by atoms with van der Waals surface area (Å²) in [5, 5.41) is 0. The second-order valence-electron chi connectivity index (χ2n) is 2.29. The van der Waals surface area contributed by atoms with Crippen LogP contribution < -0.4 is 0 Å². The molecule has 1 rings (SSSR count). The lowest BCUT2D eigenvalue weighted by Crippen LogP contribution is -1.99. The van der Waals surface area contributed by atoms with E-state index >= 15 is 0 Å². The molecule has 0 aliphatic carbocycles. The number of rotatable bonds is 3. The van der Waals surface area contributed by atoms with Crippen LogP contribution >= 0.6 is 11.9 Å². The maximum atomic E-state index is 11.0. The molecule has 0 unspecified atom stereocenters. The lowest BCUT2D eigenvalue weighted by Gasteiger charge is -1.98. The first-order valence-electron chi connectivity index (χ1n) is 3.38. The second kappa shape index (κ2) is 3.91. The zero-order chi connectivity index (χ0) is 9.90. The first kappa shape index (κ1) is 10.2. The highest BCUT2D eigenvalue weighted by molar-refractivity contribution is 7.87. The molecule has 70 valence electrons. The average molecular weight is 219 g/mol. The fourth-order valence-corrected chi connectivity index (χ4v) is 1.57. The van der Waals surface area contributed by atoms with Crippen molar-refractivity contribution in [3.8, 4) is 0 Å². The van der Waals surface area contributed by atoms with Gasteiger partial charge in [-0.05, 0) is 17.7 Å². The smallest absolute Gasteiger partial charge is 0.193 e. The van der Waals surface area contributed by atoms with E-state index in [1.807, 2.05) is 0 Å². The fourth-order valence-electron chi connectivity index (χ4n) is 0.807. The van der Waals surface area contributed by atoms with Crippen molar-refractivity contribution in [3.05, 3.63) is 36.4 Å². The molecule has 1 aromatic carbocycles. The van der Waals surface area contributed by atoms with Crippen LogP contribution in [0, 0.1) is 0 Å². The standard InChI is InChI=1S/C8H7ClO3S/c1-2-7-3-5-8(6-4-7)13(10,11)12-9/h2-6H,1H2. The van der Waals surface area contributed by atoms with Crippen molar-refractivity contribution in [1.29, 1.82) is 0 Å². The summed E-state index contributed by atoms with van der Waals surface area (Å²) < 4.78 is 25.9. The number of benzene rings is 1. The van der Waals surface area contributed by atoms with Crippen molar-refractivity contribution in [2.75, 3.05) is 0 Å². The monoisotopic (exact) mass is 218 g/mol. The minimum absolute atomic E-state index is 0.0214. The minimum Gasteiger partial charge on any atom is -0.193 e. The van der Waals surface area contributed by atoms with Crippen molar-refractivity contribution in [2.24, 2.45) is 0 Å². The molecule has 0 fully saturated rings. The van der Waals surface area contributed by atoms with Gasteiger partial charge in [-0.3, -0.25) is 0 Å². The summed E-state index contributed by atoms with van der Waals surface area (Å²) in [6.45, 7) is 3.54. The topological polar surface area (TPSA) is 43.4 Å². The quantitative estimate of drug-likeness (QED) is 0.781. The van der Waals surface area contributed by atoms with Crippen LogP contribution in [0.2, 0.25) is 0 Å². The summed E-state index contributed by atoms with van der Waals surface area (Å²) in [4.78, 5) is 0.0214. The Balaban J connectivity index is 3.13. The molecule has 1 aromatic rings. The molecule has 0 aliphatic rings. The van der Waals surface area contributed by atoms with Gasteiger partial charge < -0.3 is 0 Å². The molecule has 3 nitrogen and oxygen atoms in total. The van der Waals surface area contributed by atoms with Crippen molar-refractivity contribution in [2.45, 2.75) is 4.90 Å². The normalized spacial score (nSPS) is 11.2. The molecule has 0 saturated heterocycles. The molecule has 0 heterocycles.